The van der Waals surface area contributed by atoms with Crippen molar-refractivity contribution in [3.63, 3.8) is 0 Å². The second-order valence-electron chi connectivity index (χ2n) is 4.77. The molecule has 0 saturated carbocycles. The fourth-order valence-electron chi connectivity index (χ4n) is 2.76. The van der Waals surface area contributed by atoms with E-state index in [0.29, 0.717) is 0 Å². The molecule has 4 nitrogen and oxygen atoms in total. The quantitative estimate of drug-likeness (QED) is 0.729. The Balaban J connectivity index is 1.71. The van der Waals surface area contributed by atoms with Crippen molar-refractivity contribution in [2.45, 2.75) is 6.54 Å². The Morgan fingerprint density at radius 3 is 2.47 bits per heavy atom. The van der Waals surface area contributed by atoms with Crippen LogP contribution in [0.15, 0.2) is 16.8 Å². The summed E-state index contributed by atoms with van der Waals surface area (Å²) in [5.74, 6) is -0.224. The Morgan fingerprint density at radius 1 is 1.29 bits per heavy atom. The molecule has 3 rings (SSSR count). The highest BCUT2D eigenvalue weighted by atomic mass is 32.1. The van der Waals surface area contributed by atoms with E-state index in [1.165, 1.54) is 10.5 Å². The minimum atomic E-state index is -0.105. The molecular weight excluding hydrogens is 236 g/mol. The first-order valence-electron chi connectivity index (χ1n) is 5.71. The van der Waals surface area contributed by atoms with E-state index in [4.69, 9.17) is 0 Å². The maximum atomic E-state index is 11.8. The van der Waals surface area contributed by atoms with Crippen LogP contribution in [0.5, 0.6) is 0 Å². The Hall–Kier alpha value is -1.20. The molecule has 2 fully saturated rings. The lowest BCUT2D eigenvalue weighted by atomic mass is 10.00. The molecule has 90 valence electrons. The van der Waals surface area contributed by atoms with Crippen LogP contribution in [0, 0.1) is 11.8 Å². The van der Waals surface area contributed by atoms with Crippen molar-refractivity contribution in [3.05, 3.63) is 22.4 Å². The number of rotatable bonds is 2. The van der Waals surface area contributed by atoms with Gasteiger partial charge in [0.1, 0.15) is 0 Å². The topological polar surface area (TPSA) is 40.6 Å². The molecule has 1 aromatic rings. The summed E-state index contributed by atoms with van der Waals surface area (Å²) in [6, 6.07) is 2.09. The van der Waals surface area contributed by atoms with Gasteiger partial charge in [-0.15, -0.1) is 0 Å². The van der Waals surface area contributed by atoms with Gasteiger partial charge in [-0.25, -0.2) is 0 Å². The van der Waals surface area contributed by atoms with E-state index in [1.807, 2.05) is 0 Å². The first-order chi connectivity index (χ1) is 8.16. The number of carbonyl (C=O) groups is 2. The number of hydrogen-bond donors (Lipinski definition) is 0. The third kappa shape index (κ3) is 1.70. The molecule has 1 aromatic heterocycles. The van der Waals surface area contributed by atoms with E-state index in [0.717, 1.165) is 19.6 Å². The second kappa shape index (κ2) is 3.92. The average Bonchev–Trinajstić information content (AvgIpc) is 2.99. The summed E-state index contributed by atoms with van der Waals surface area (Å²) >= 11 is 1.68. The molecule has 2 amide bonds. The molecule has 0 aliphatic carbocycles. The van der Waals surface area contributed by atoms with Crippen molar-refractivity contribution in [2.75, 3.05) is 20.1 Å². The summed E-state index contributed by atoms with van der Waals surface area (Å²) < 4.78 is 0. The van der Waals surface area contributed by atoms with Crippen LogP contribution in [0.4, 0.5) is 0 Å². The highest BCUT2D eigenvalue weighted by Crippen LogP contribution is 2.33. The SMILES string of the molecule is CN1C(=O)[C@H]2CN(Cc3ccsc3)C[C@H]2C1=O. The summed E-state index contributed by atoms with van der Waals surface area (Å²) in [5.41, 5.74) is 1.27. The largest absolute Gasteiger partial charge is 0.297 e. The van der Waals surface area contributed by atoms with Crippen LogP contribution < -0.4 is 0 Å². The molecule has 0 unspecified atom stereocenters. The van der Waals surface area contributed by atoms with Gasteiger partial charge in [0.15, 0.2) is 0 Å². The molecule has 17 heavy (non-hydrogen) atoms. The lowest BCUT2D eigenvalue weighted by Gasteiger charge is -2.17. The highest BCUT2D eigenvalue weighted by Gasteiger charge is 2.50. The van der Waals surface area contributed by atoms with E-state index >= 15 is 0 Å². The van der Waals surface area contributed by atoms with Crippen molar-refractivity contribution in [3.8, 4) is 0 Å². The van der Waals surface area contributed by atoms with E-state index in [-0.39, 0.29) is 23.7 Å². The fraction of sp³-hybridized carbons (Fsp3) is 0.500. The molecule has 0 radical (unpaired) electrons. The molecule has 2 saturated heterocycles. The summed E-state index contributed by atoms with van der Waals surface area (Å²) in [7, 11) is 1.59. The van der Waals surface area contributed by atoms with Gasteiger partial charge >= 0.3 is 0 Å². The summed E-state index contributed by atoms with van der Waals surface area (Å²) in [6.07, 6.45) is 0. The van der Waals surface area contributed by atoms with Crippen LogP contribution in [0.1, 0.15) is 5.56 Å². The van der Waals surface area contributed by atoms with Gasteiger partial charge in [0.05, 0.1) is 11.8 Å². The number of nitrogens with zero attached hydrogens (tertiary/aromatic N) is 2. The van der Waals surface area contributed by atoms with Crippen molar-refractivity contribution in [2.24, 2.45) is 11.8 Å². The van der Waals surface area contributed by atoms with Crippen molar-refractivity contribution in [1.82, 2.24) is 9.80 Å². The van der Waals surface area contributed by atoms with E-state index in [9.17, 15) is 9.59 Å². The Bertz CT molecular complexity index is 433. The molecule has 0 N–H and O–H groups in total. The zero-order valence-corrected chi connectivity index (χ0v) is 10.4. The minimum Gasteiger partial charge on any atom is -0.297 e. The molecule has 0 bridgehead atoms. The highest BCUT2D eigenvalue weighted by molar-refractivity contribution is 7.07. The average molecular weight is 250 g/mol. The van der Waals surface area contributed by atoms with Crippen LogP contribution in [0.3, 0.4) is 0 Å². The number of carbonyl (C=O) groups excluding carboxylic acids is 2. The van der Waals surface area contributed by atoms with Crippen molar-refractivity contribution in [1.29, 1.82) is 0 Å². The molecule has 5 heteroatoms. The van der Waals surface area contributed by atoms with Gasteiger partial charge in [-0.05, 0) is 22.4 Å². The molecular formula is C12H14N2O2S. The van der Waals surface area contributed by atoms with E-state index in [2.05, 4.69) is 21.7 Å². The van der Waals surface area contributed by atoms with E-state index < -0.39 is 0 Å². The monoisotopic (exact) mass is 250 g/mol. The second-order valence-corrected chi connectivity index (χ2v) is 5.55. The van der Waals surface area contributed by atoms with Gasteiger partial charge in [0.2, 0.25) is 11.8 Å². The number of amides is 2. The Kier molecular flexibility index (Phi) is 2.52. The van der Waals surface area contributed by atoms with Crippen LogP contribution in [0.2, 0.25) is 0 Å². The van der Waals surface area contributed by atoms with Gasteiger partial charge in [-0.2, -0.15) is 11.3 Å². The summed E-state index contributed by atoms with van der Waals surface area (Å²) in [5, 5.41) is 4.17. The third-order valence-corrected chi connectivity index (χ3v) is 4.41. The van der Waals surface area contributed by atoms with Crippen LogP contribution >= 0.6 is 11.3 Å². The summed E-state index contributed by atoms with van der Waals surface area (Å²) in [6.45, 7) is 2.28. The predicted octanol–water partition coefficient (Wildman–Crippen LogP) is 0.795. The fourth-order valence-corrected chi connectivity index (χ4v) is 3.42. The van der Waals surface area contributed by atoms with Crippen molar-refractivity contribution < 1.29 is 9.59 Å². The van der Waals surface area contributed by atoms with Crippen molar-refractivity contribution >= 4 is 23.2 Å². The smallest absolute Gasteiger partial charge is 0.234 e. The molecule has 3 heterocycles. The van der Waals surface area contributed by atoms with Gasteiger partial charge < -0.3 is 0 Å². The zero-order chi connectivity index (χ0) is 12.0. The number of thiophene rings is 1. The minimum absolute atomic E-state index is 0.00665. The normalized spacial score (nSPS) is 29.1. The lowest BCUT2D eigenvalue weighted by molar-refractivity contribution is -0.138. The van der Waals surface area contributed by atoms with Crippen LogP contribution in [-0.4, -0.2) is 41.8 Å². The molecule has 2 aliphatic heterocycles. The number of likely N-dealkylation sites (tertiary alicyclic amines) is 2. The third-order valence-electron chi connectivity index (χ3n) is 3.68. The number of hydrogen-bond acceptors (Lipinski definition) is 4. The Morgan fingerprint density at radius 2 is 1.94 bits per heavy atom. The number of fused-ring (bicyclic) bond motifs is 1. The van der Waals surface area contributed by atoms with E-state index in [1.54, 1.807) is 18.4 Å². The number of imide groups is 1. The molecule has 0 aromatic carbocycles. The van der Waals surface area contributed by atoms with Gasteiger partial charge in [-0.3, -0.25) is 19.4 Å². The molecule has 2 atom stereocenters. The standard InChI is InChI=1S/C12H14N2O2S/c1-13-11(15)9-5-14(6-10(9)12(13)16)4-8-2-3-17-7-8/h2-3,7,9-10H,4-6H2,1H3/t9-,10+. The summed E-state index contributed by atoms with van der Waals surface area (Å²) in [4.78, 5) is 27.1. The van der Waals surface area contributed by atoms with Gasteiger partial charge in [0.25, 0.3) is 0 Å². The van der Waals surface area contributed by atoms with Crippen LogP contribution in [0.25, 0.3) is 0 Å². The zero-order valence-electron chi connectivity index (χ0n) is 9.63. The first-order valence-corrected chi connectivity index (χ1v) is 6.66. The maximum Gasteiger partial charge on any atom is 0.234 e. The predicted molar refractivity (Wildman–Crippen MR) is 64.4 cm³/mol. The molecule has 0 spiro atoms. The Labute approximate surface area is 104 Å². The lowest BCUT2D eigenvalue weighted by Crippen LogP contribution is -2.32. The van der Waals surface area contributed by atoms with Gasteiger partial charge in [0, 0.05) is 26.7 Å². The first kappa shape index (κ1) is 10.9. The van der Waals surface area contributed by atoms with Crippen LogP contribution in [-0.2, 0) is 16.1 Å². The van der Waals surface area contributed by atoms with Gasteiger partial charge in [-0.1, -0.05) is 0 Å². The molecule has 2 aliphatic rings. The maximum absolute atomic E-state index is 11.8.